The molecule has 152 valence electrons. The molecule has 0 bridgehead atoms. The molecule has 0 aliphatic carbocycles. The van der Waals surface area contributed by atoms with E-state index in [0.717, 1.165) is 32.9 Å². The summed E-state index contributed by atoms with van der Waals surface area (Å²) in [7, 11) is 0. The number of benzene rings is 2. The molecule has 0 saturated heterocycles. The van der Waals surface area contributed by atoms with Crippen molar-refractivity contribution in [1.82, 2.24) is 9.88 Å². The van der Waals surface area contributed by atoms with E-state index >= 15 is 0 Å². The van der Waals surface area contributed by atoms with Crippen LogP contribution in [0.2, 0.25) is 0 Å². The van der Waals surface area contributed by atoms with Crippen molar-refractivity contribution in [2.24, 2.45) is 0 Å². The summed E-state index contributed by atoms with van der Waals surface area (Å²) in [6.45, 7) is 4.62. The van der Waals surface area contributed by atoms with Crippen LogP contribution in [-0.2, 0) is 20.9 Å². The molecular weight excluding hydrogens is 386 g/mol. The molecule has 0 radical (unpaired) electrons. The second kappa shape index (κ2) is 10.1. The fraction of sp³-hybridized carbons (Fsp3) is 0.318. The van der Waals surface area contributed by atoms with Crippen LogP contribution in [-0.4, -0.2) is 41.4 Å². The Labute approximate surface area is 174 Å². The van der Waals surface area contributed by atoms with Crippen molar-refractivity contribution in [2.45, 2.75) is 26.9 Å². The summed E-state index contributed by atoms with van der Waals surface area (Å²) in [6.07, 6.45) is 0.765. The van der Waals surface area contributed by atoms with Gasteiger partial charge in [-0.05, 0) is 37.1 Å². The highest BCUT2D eigenvalue weighted by atomic mass is 32.1. The lowest BCUT2D eigenvalue weighted by Crippen LogP contribution is -2.40. The van der Waals surface area contributed by atoms with Crippen LogP contribution in [0.4, 0.5) is 5.69 Å². The number of aromatic nitrogens is 1. The molecule has 0 saturated carbocycles. The zero-order valence-corrected chi connectivity index (χ0v) is 17.5. The Kier molecular flexibility index (Phi) is 7.32. The predicted molar refractivity (Wildman–Crippen MR) is 116 cm³/mol. The monoisotopic (exact) mass is 411 g/mol. The number of rotatable bonds is 9. The first-order valence-corrected chi connectivity index (χ1v) is 10.4. The number of nitrogens with one attached hydrogen (secondary N) is 1. The Balaban J connectivity index is 1.51. The molecule has 3 rings (SSSR count). The van der Waals surface area contributed by atoms with Crippen molar-refractivity contribution in [3.05, 3.63) is 59.1 Å². The van der Waals surface area contributed by atoms with E-state index in [1.807, 2.05) is 62.4 Å². The lowest BCUT2D eigenvalue weighted by Gasteiger charge is -2.21. The maximum atomic E-state index is 12.6. The Hall–Kier alpha value is -2.77. The molecule has 1 aromatic heterocycles. The SMILES string of the molecule is CCCN(CC(=O)Nc1ccccc1C)C(=O)COCc1nc2ccccc2s1. The first-order chi connectivity index (χ1) is 14.1. The Morgan fingerprint density at radius 2 is 1.90 bits per heavy atom. The molecule has 2 aromatic carbocycles. The first-order valence-electron chi connectivity index (χ1n) is 9.62. The van der Waals surface area contributed by atoms with Crippen molar-refractivity contribution >= 4 is 39.1 Å². The first kappa shape index (κ1) is 21.0. The highest BCUT2D eigenvalue weighted by molar-refractivity contribution is 7.18. The number of hydrogen-bond acceptors (Lipinski definition) is 5. The Morgan fingerprint density at radius 3 is 2.66 bits per heavy atom. The number of aryl methyl sites for hydroxylation is 1. The van der Waals surface area contributed by atoms with Gasteiger partial charge in [-0.3, -0.25) is 9.59 Å². The maximum Gasteiger partial charge on any atom is 0.249 e. The summed E-state index contributed by atoms with van der Waals surface area (Å²) >= 11 is 1.56. The molecule has 6 nitrogen and oxygen atoms in total. The van der Waals surface area contributed by atoms with E-state index in [-0.39, 0.29) is 31.6 Å². The van der Waals surface area contributed by atoms with Crippen molar-refractivity contribution in [1.29, 1.82) is 0 Å². The average Bonchev–Trinajstić information content (AvgIpc) is 3.12. The van der Waals surface area contributed by atoms with Gasteiger partial charge in [-0.1, -0.05) is 37.3 Å². The summed E-state index contributed by atoms with van der Waals surface area (Å²) in [6, 6.07) is 15.4. The standard InChI is InChI=1S/C22H25N3O3S/c1-3-12-25(13-20(26)23-17-9-5-4-8-16(17)2)22(27)15-28-14-21-24-18-10-6-7-11-19(18)29-21/h4-11H,3,12-15H2,1-2H3,(H,23,26). The Morgan fingerprint density at radius 1 is 1.14 bits per heavy atom. The minimum atomic E-state index is -0.215. The van der Waals surface area contributed by atoms with Crippen LogP contribution in [0, 0.1) is 6.92 Å². The smallest absolute Gasteiger partial charge is 0.249 e. The highest BCUT2D eigenvalue weighted by Gasteiger charge is 2.17. The van der Waals surface area contributed by atoms with Crippen LogP contribution in [0.25, 0.3) is 10.2 Å². The van der Waals surface area contributed by atoms with Gasteiger partial charge in [-0.15, -0.1) is 11.3 Å². The maximum absolute atomic E-state index is 12.6. The fourth-order valence-electron chi connectivity index (χ4n) is 2.94. The van der Waals surface area contributed by atoms with E-state index in [9.17, 15) is 9.59 Å². The number of carbonyl (C=O) groups is 2. The largest absolute Gasteiger partial charge is 0.364 e. The predicted octanol–water partition coefficient (Wildman–Crippen LogP) is 4.00. The zero-order chi connectivity index (χ0) is 20.6. The minimum absolute atomic E-state index is 0.00546. The highest BCUT2D eigenvalue weighted by Crippen LogP contribution is 2.22. The third-order valence-electron chi connectivity index (χ3n) is 4.39. The van der Waals surface area contributed by atoms with Crippen LogP contribution in [0.15, 0.2) is 48.5 Å². The minimum Gasteiger partial charge on any atom is -0.364 e. The number of nitrogens with zero attached hydrogens (tertiary/aromatic N) is 2. The number of carbonyl (C=O) groups excluding carboxylic acids is 2. The van der Waals surface area contributed by atoms with Crippen molar-refractivity contribution < 1.29 is 14.3 Å². The van der Waals surface area contributed by atoms with Gasteiger partial charge < -0.3 is 15.0 Å². The van der Waals surface area contributed by atoms with Crippen molar-refractivity contribution in [2.75, 3.05) is 25.0 Å². The topological polar surface area (TPSA) is 71.5 Å². The molecule has 0 spiro atoms. The molecule has 0 unspecified atom stereocenters. The van der Waals surface area contributed by atoms with Gasteiger partial charge in [-0.25, -0.2) is 4.98 Å². The van der Waals surface area contributed by atoms with E-state index < -0.39 is 0 Å². The van der Waals surface area contributed by atoms with E-state index in [1.54, 1.807) is 11.3 Å². The lowest BCUT2D eigenvalue weighted by atomic mass is 10.2. The molecule has 0 fully saturated rings. The second-order valence-corrected chi connectivity index (χ2v) is 7.86. The molecular formula is C22H25N3O3S. The van der Waals surface area contributed by atoms with Crippen LogP contribution in [0.5, 0.6) is 0 Å². The molecule has 29 heavy (non-hydrogen) atoms. The third-order valence-corrected chi connectivity index (χ3v) is 5.40. The van der Waals surface area contributed by atoms with Gasteiger partial charge in [0.15, 0.2) is 0 Å². The molecule has 0 aliphatic rings. The Bertz CT molecular complexity index is 953. The number of fused-ring (bicyclic) bond motifs is 1. The third kappa shape index (κ3) is 5.85. The van der Waals surface area contributed by atoms with Gasteiger partial charge >= 0.3 is 0 Å². The summed E-state index contributed by atoms with van der Waals surface area (Å²) in [5, 5.41) is 3.70. The van der Waals surface area contributed by atoms with Gasteiger partial charge in [0.1, 0.15) is 11.6 Å². The van der Waals surface area contributed by atoms with Crippen LogP contribution in [0.3, 0.4) is 0 Å². The fourth-order valence-corrected chi connectivity index (χ4v) is 3.84. The van der Waals surface area contributed by atoms with Crippen LogP contribution in [0.1, 0.15) is 23.9 Å². The summed E-state index contributed by atoms with van der Waals surface area (Å²) in [5.41, 5.74) is 2.67. The molecule has 1 heterocycles. The van der Waals surface area contributed by atoms with Gasteiger partial charge in [0.25, 0.3) is 0 Å². The quantitative estimate of drug-likeness (QED) is 0.578. The summed E-state index contributed by atoms with van der Waals surface area (Å²) in [5.74, 6) is -0.417. The molecule has 3 aromatic rings. The van der Waals surface area contributed by atoms with E-state index in [1.165, 1.54) is 4.90 Å². The molecule has 1 N–H and O–H groups in total. The summed E-state index contributed by atoms with van der Waals surface area (Å²) in [4.78, 5) is 31.0. The zero-order valence-electron chi connectivity index (χ0n) is 16.7. The van der Waals surface area contributed by atoms with E-state index in [2.05, 4.69) is 10.3 Å². The molecule has 2 amide bonds. The van der Waals surface area contributed by atoms with Crippen molar-refractivity contribution in [3.63, 3.8) is 0 Å². The number of amides is 2. The number of ether oxygens (including phenoxy) is 1. The van der Waals surface area contributed by atoms with E-state index in [0.29, 0.717) is 6.54 Å². The van der Waals surface area contributed by atoms with Crippen molar-refractivity contribution in [3.8, 4) is 0 Å². The van der Waals surface area contributed by atoms with Gasteiger partial charge in [0, 0.05) is 12.2 Å². The van der Waals surface area contributed by atoms with Gasteiger partial charge in [0.2, 0.25) is 11.8 Å². The normalized spacial score (nSPS) is 10.8. The molecule has 7 heteroatoms. The molecule has 0 aliphatic heterocycles. The number of thiazole rings is 1. The van der Waals surface area contributed by atoms with Gasteiger partial charge in [0.05, 0.1) is 23.4 Å². The second-order valence-electron chi connectivity index (χ2n) is 6.75. The lowest BCUT2D eigenvalue weighted by molar-refractivity contribution is -0.139. The van der Waals surface area contributed by atoms with Crippen LogP contribution < -0.4 is 5.32 Å². The average molecular weight is 412 g/mol. The number of hydrogen-bond donors (Lipinski definition) is 1. The number of para-hydroxylation sites is 2. The summed E-state index contributed by atoms with van der Waals surface area (Å²) < 4.78 is 6.68. The molecule has 0 atom stereocenters. The van der Waals surface area contributed by atoms with E-state index in [4.69, 9.17) is 4.74 Å². The van der Waals surface area contributed by atoms with Crippen LogP contribution >= 0.6 is 11.3 Å². The number of anilines is 1. The van der Waals surface area contributed by atoms with Gasteiger partial charge in [-0.2, -0.15) is 0 Å².